The molecule has 0 bridgehead atoms. The molecule has 0 atom stereocenters. The Morgan fingerprint density at radius 2 is 1.43 bits per heavy atom. The summed E-state index contributed by atoms with van der Waals surface area (Å²) in [4.78, 5) is 0. The van der Waals surface area contributed by atoms with E-state index >= 15 is 0 Å². The van der Waals surface area contributed by atoms with Gasteiger partial charge in [-0.2, -0.15) is 12.1 Å². The van der Waals surface area contributed by atoms with Gasteiger partial charge in [-0.3, -0.25) is 0 Å². The Bertz CT molecular complexity index is 254. The van der Waals surface area contributed by atoms with Crippen molar-refractivity contribution in [3.63, 3.8) is 0 Å². The molecule has 0 aliphatic heterocycles. The average molecular weight is 275 g/mol. The molecule has 0 aromatic heterocycles. The smallest absolute Gasteiger partial charge is 0.0345 e. The zero-order valence-corrected chi connectivity index (χ0v) is 9.90. The molecule has 2 heteroatoms. The predicted molar refractivity (Wildman–Crippen MR) is 54.8 cm³/mol. The summed E-state index contributed by atoms with van der Waals surface area (Å²) in [5, 5.41) is 0. The number of ether oxygens (including phenoxy) is 1. The molecule has 82 valence electrons. The van der Waals surface area contributed by atoms with Crippen molar-refractivity contribution in [2.75, 3.05) is 7.11 Å². The van der Waals surface area contributed by atoms with Crippen LogP contribution in [0.25, 0.3) is 0 Å². The Kier molecular flexibility index (Phi) is 8.41. The second-order valence-corrected chi connectivity index (χ2v) is 2.69. The Morgan fingerprint density at radius 3 is 1.79 bits per heavy atom. The SMILES string of the molecule is COC[c-]1cccc1.[Ru].[cH-]1[cH-][cH-][cH-][cH-]1. The Balaban J connectivity index is 0.000000246. The molecule has 0 aliphatic carbocycles. The van der Waals surface area contributed by atoms with Gasteiger partial charge in [0.1, 0.15) is 0 Å². The maximum Gasteiger partial charge on any atom is 0.0345 e. The Morgan fingerprint density at radius 1 is 1.00 bits per heavy atom. The molecule has 0 spiro atoms. The molecule has 0 unspecified atom stereocenters. The summed E-state index contributed by atoms with van der Waals surface area (Å²) in [6.07, 6.45) is 0. The molecule has 2 aromatic rings. The van der Waals surface area contributed by atoms with E-state index in [1.165, 1.54) is 5.56 Å². The molecule has 0 aliphatic rings. The van der Waals surface area contributed by atoms with Crippen LogP contribution >= 0.6 is 0 Å². The fourth-order valence-electron chi connectivity index (χ4n) is 0.998. The van der Waals surface area contributed by atoms with Crippen molar-refractivity contribution in [1.82, 2.24) is 0 Å². The molecule has 2 rings (SSSR count). The summed E-state index contributed by atoms with van der Waals surface area (Å²) >= 11 is 0. The van der Waals surface area contributed by atoms with Crippen molar-refractivity contribution in [1.29, 1.82) is 0 Å². The van der Waals surface area contributed by atoms with Crippen LogP contribution in [0.1, 0.15) is 5.56 Å². The number of hydrogen-bond donors (Lipinski definition) is 0. The third-order valence-corrected chi connectivity index (χ3v) is 1.60. The van der Waals surface area contributed by atoms with E-state index in [1.54, 1.807) is 7.11 Å². The topological polar surface area (TPSA) is 9.23 Å². The van der Waals surface area contributed by atoms with E-state index in [9.17, 15) is 0 Å². The quantitative estimate of drug-likeness (QED) is 0.605. The van der Waals surface area contributed by atoms with Crippen LogP contribution in [0, 0.1) is 0 Å². The largest absolute Gasteiger partial charge is 0.748 e. The molecule has 0 heterocycles. The minimum absolute atomic E-state index is 0. The number of methoxy groups -OCH3 is 1. The Hall–Kier alpha value is -0.717. The monoisotopic (exact) mass is 276 g/mol. The average Bonchev–Trinajstić information content (AvgIpc) is 2.79. The van der Waals surface area contributed by atoms with Gasteiger partial charge >= 0.3 is 0 Å². The van der Waals surface area contributed by atoms with Crippen LogP contribution in [0.2, 0.25) is 0 Å². The van der Waals surface area contributed by atoms with Gasteiger partial charge in [-0.1, -0.05) is 0 Å². The maximum atomic E-state index is 4.89. The van der Waals surface area contributed by atoms with Crippen molar-refractivity contribution in [2.24, 2.45) is 0 Å². The summed E-state index contributed by atoms with van der Waals surface area (Å²) < 4.78 is 4.89. The number of rotatable bonds is 2. The van der Waals surface area contributed by atoms with Gasteiger partial charge in [-0.05, 0) is 0 Å². The first kappa shape index (κ1) is 13.3. The molecule has 0 saturated carbocycles. The van der Waals surface area contributed by atoms with E-state index in [0.29, 0.717) is 0 Å². The van der Waals surface area contributed by atoms with Gasteiger partial charge in [0.05, 0.1) is 0 Å². The van der Waals surface area contributed by atoms with Crippen LogP contribution in [0.15, 0.2) is 54.6 Å². The summed E-state index contributed by atoms with van der Waals surface area (Å²) in [6, 6.07) is 18.1. The van der Waals surface area contributed by atoms with E-state index in [2.05, 4.69) is 0 Å². The summed E-state index contributed by atoms with van der Waals surface area (Å²) in [6.45, 7) is 0.729. The molecule has 2 aromatic carbocycles. The summed E-state index contributed by atoms with van der Waals surface area (Å²) in [5.41, 5.74) is 1.24. The van der Waals surface area contributed by atoms with Crippen LogP contribution < -0.4 is 0 Å². The number of hydrogen-bond acceptors (Lipinski definition) is 1. The van der Waals surface area contributed by atoms with Gasteiger partial charge in [0.15, 0.2) is 0 Å². The van der Waals surface area contributed by atoms with Gasteiger partial charge in [-0.15, -0.1) is 5.56 Å². The first-order chi connectivity index (χ1) is 6.43. The van der Waals surface area contributed by atoms with E-state index < -0.39 is 0 Å². The standard InChI is InChI=1S/C7H9O.C5H5.Ru/c1-8-6-7-4-2-3-5-7;1-2-4-5-3-1;/h2-5H,6H2,1H3;1-5H;/q-1;-5;. The fraction of sp³-hybridized carbons (Fsp3) is 0.167. The molecule has 0 N–H and O–H groups in total. The Labute approximate surface area is 98.2 Å². The van der Waals surface area contributed by atoms with Crippen LogP contribution in [0.4, 0.5) is 0 Å². The van der Waals surface area contributed by atoms with Gasteiger partial charge < -0.3 is 35.1 Å². The van der Waals surface area contributed by atoms with Crippen molar-refractivity contribution >= 4 is 0 Å². The van der Waals surface area contributed by atoms with Crippen LogP contribution in [0.5, 0.6) is 0 Å². The van der Waals surface area contributed by atoms with Gasteiger partial charge in [0.2, 0.25) is 0 Å². The molecule has 1 nitrogen and oxygen atoms in total. The molecular formula is C12H14ORu-6. The zero-order chi connectivity index (χ0) is 9.36. The predicted octanol–water partition coefficient (Wildman–Crippen LogP) is 2.95. The van der Waals surface area contributed by atoms with Crippen molar-refractivity contribution in [2.45, 2.75) is 6.61 Å². The van der Waals surface area contributed by atoms with Crippen molar-refractivity contribution in [3.05, 3.63) is 60.2 Å². The third kappa shape index (κ3) is 5.85. The molecule has 0 radical (unpaired) electrons. The van der Waals surface area contributed by atoms with Gasteiger partial charge in [-0.25, -0.2) is 12.1 Å². The van der Waals surface area contributed by atoms with Crippen molar-refractivity contribution in [3.8, 4) is 0 Å². The third-order valence-electron chi connectivity index (χ3n) is 1.60. The van der Waals surface area contributed by atoms with Gasteiger partial charge in [0, 0.05) is 33.2 Å². The van der Waals surface area contributed by atoms with Crippen LogP contribution in [0.3, 0.4) is 0 Å². The van der Waals surface area contributed by atoms with Crippen molar-refractivity contribution < 1.29 is 24.2 Å². The first-order valence-electron chi connectivity index (χ1n) is 4.29. The summed E-state index contributed by atoms with van der Waals surface area (Å²) in [5.74, 6) is 0. The first-order valence-corrected chi connectivity index (χ1v) is 4.29. The zero-order valence-electron chi connectivity index (χ0n) is 8.17. The second-order valence-electron chi connectivity index (χ2n) is 2.69. The molecule has 0 amide bonds. The minimum Gasteiger partial charge on any atom is -0.748 e. The maximum absolute atomic E-state index is 4.89. The van der Waals surface area contributed by atoms with E-state index in [-0.39, 0.29) is 19.5 Å². The van der Waals surface area contributed by atoms with E-state index in [0.717, 1.165) is 6.61 Å². The van der Waals surface area contributed by atoms with Crippen LogP contribution in [-0.4, -0.2) is 7.11 Å². The van der Waals surface area contributed by atoms with E-state index in [1.807, 2.05) is 54.6 Å². The molecule has 0 saturated heterocycles. The molecular weight excluding hydrogens is 261 g/mol. The molecule has 0 fully saturated rings. The normalized spacial score (nSPS) is 8.36. The van der Waals surface area contributed by atoms with E-state index in [4.69, 9.17) is 4.74 Å². The van der Waals surface area contributed by atoms with Crippen LogP contribution in [-0.2, 0) is 30.8 Å². The van der Waals surface area contributed by atoms with Gasteiger partial charge in [0.25, 0.3) is 0 Å². The minimum atomic E-state index is 0. The second kappa shape index (κ2) is 8.86. The summed E-state index contributed by atoms with van der Waals surface area (Å²) in [7, 11) is 1.70. The molecule has 14 heavy (non-hydrogen) atoms. The fourth-order valence-corrected chi connectivity index (χ4v) is 0.998.